The van der Waals surface area contributed by atoms with E-state index < -0.39 is 0 Å². The predicted molar refractivity (Wildman–Crippen MR) is 59.0 cm³/mol. The molecular weight excluding hydrogens is 204 g/mol. The van der Waals surface area contributed by atoms with Crippen molar-refractivity contribution >= 4 is 5.95 Å². The molecule has 0 spiro atoms. The molecular formula is C11H16N4O. The summed E-state index contributed by atoms with van der Waals surface area (Å²) < 4.78 is 5.22. The number of aromatic nitrogens is 2. The first-order chi connectivity index (χ1) is 7.81. The van der Waals surface area contributed by atoms with Crippen molar-refractivity contribution in [2.75, 3.05) is 18.0 Å². The molecule has 5 heteroatoms. The molecule has 0 radical (unpaired) electrons. The van der Waals surface area contributed by atoms with Crippen molar-refractivity contribution in [2.45, 2.75) is 38.5 Å². The average Bonchev–Trinajstić information content (AvgIpc) is 2.94. The minimum absolute atomic E-state index is 0.170. The standard InChI is InChI=1S/C11H16N4O/c1-9(5-4-6-12)10-13-11(14-16-10)15-7-2-3-8-15/h9H,2-5,7-8H2,1H3. The van der Waals surface area contributed by atoms with Gasteiger partial charge in [-0.2, -0.15) is 10.2 Å². The largest absolute Gasteiger partial charge is 0.338 e. The van der Waals surface area contributed by atoms with Crippen molar-refractivity contribution in [3.63, 3.8) is 0 Å². The fourth-order valence-corrected chi connectivity index (χ4v) is 1.88. The van der Waals surface area contributed by atoms with Gasteiger partial charge in [0.25, 0.3) is 5.95 Å². The highest BCUT2D eigenvalue weighted by Gasteiger charge is 2.20. The molecule has 16 heavy (non-hydrogen) atoms. The zero-order valence-corrected chi connectivity index (χ0v) is 9.52. The van der Waals surface area contributed by atoms with Crippen molar-refractivity contribution in [1.82, 2.24) is 10.1 Å². The molecule has 1 aromatic rings. The van der Waals surface area contributed by atoms with Gasteiger partial charge in [0.05, 0.1) is 6.07 Å². The van der Waals surface area contributed by atoms with Crippen LogP contribution in [0, 0.1) is 11.3 Å². The highest BCUT2D eigenvalue weighted by molar-refractivity contribution is 5.29. The molecule has 2 rings (SSSR count). The van der Waals surface area contributed by atoms with E-state index in [4.69, 9.17) is 9.78 Å². The molecule has 1 aromatic heterocycles. The lowest BCUT2D eigenvalue weighted by molar-refractivity contribution is 0.354. The summed E-state index contributed by atoms with van der Waals surface area (Å²) in [5, 5.41) is 12.5. The van der Waals surface area contributed by atoms with Gasteiger partial charge in [0.15, 0.2) is 0 Å². The first kappa shape index (κ1) is 10.9. The van der Waals surface area contributed by atoms with Crippen LogP contribution >= 0.6 is 0 Å². The first-order valence-electron chi connectivity index (χ1n) is 5.77. The lowest BCUT2D eigenvalue weighted by Crippen LogP contribution is -2.18. The maximum Gasteiger partial charge on any atom is 0.266 e. The summed E-state index contributed by atoms with van der Waals surface area (Å²) in [6.45, 7) is 4.05. The van der Waals surface area contributed by atoms with E-state index in [1.165, 1.54) is 12.8 Å². The molecule has 5 nitrogen and oxygen atoms in total. The van der Waals surface area contributed by atoms with E-state index in [1.54, 1.807) is 0 Å². The summed E-state index contributed by atoms with van der Waals surface area (Å²) in [5.74, 6) is 1.52. The number of anilines is 1. The minimum atomic E-state index is 0.170. The molecule has 1 aliphatic rings. The van der Waals surface area contributed by atoms with Crippen LogP contribution in [0.2, 0.25) is 0 Å². The van der Waals surface area contributed by atoms with Crippen molar-refractivity contribution in [1.29, 1.82) is 5.26 Å². The number of hydrogen-bond donors (Lipinski definition) is 0. The molecule has 0 bridgehead atoms. The highest BCUT2D eigenvalue weighted by atomic mass is 16.5. The molecule has 1 unspecified atom stereocenters. The van der Waals surface area contributed by atoms with Crippen molar-refractivity contribution in [3.05, 3.63) is 5.89 Å². The number of rotatable bonds is 4. The fourth-order valence-electron chi connectivity index (χ4n) is 1.88. The van der Waals surface area contributed by atoms with E-state index in [0.29, 0.717) is 18.3 Å². The van der Waals surface area contributed by atoms with Gasteiger partial charge in [-0.3, -0.25) is 0 Å². The zero-order chi connectivity index (χ0) is 11.4. The van der Waals surface area contributed by atoms with Crippen LogP contribution in [0.1, 0.15) is 44.4 Å². The van der Waals surface area contributed by atoms with Crippen LogP contribution in [0.3, 0.4) is 0 Å². The normalized spacial score (nSPS) is 17.4. The Morgan fingerprint density at radius 2 is 2.25 bits per heavy atom. The van der Waals surface area contributed by atoms with Gasteiger partial charge in [0, 0.05) is 25.4 Å². The summed E-state index contributed by atoms with van der Waals surface area (Å²) in [7, 11) is 0. The van der Waals surface area contributed by atoms with Gasteiger partial charge in [-0.25, -0.2) is 0 Å². The lowest BCUT2D eigenvalue weighted by Gasteiger charge is -2.09. The quantitative estimate of drug-likeness (QED) is 0.777. The van der Waals surface area contributed by atoms with Crippen LogP contribution < -0.4 is 4.90 Å². The molecule has 0 aromatic carbocycles. The van der Waals surface area contributed by atoms with Gasteiger partial charge in [0.1, 0.15) is 0 Å². The van der Waals surface area contributed by atoms with Crippen LogP contribution in [0.5, 0.6) is 0 Å². The summed E-state index contributed by atoms with van der Waals surface area (Å²) >= 11 is 0. The maximum atomic E-state index is 8.51. The molecule has 0 aliphatic carbocycles. The maximum absolute atomic E-state index is 8.51. The third-order valence-corrected chi connectivity index (χ3v) is 2.93. The summed E-state index contributed by atoms with van der Waals surface area (Å²) in [6, 6.07) is 2.13. The van der Waals surface area contributed by atoms with Gasteiger partial charge in [-0.05, 0) is 24.4 Å². The molecule has 1 aliphatic heterocycles. The van der Waals surface area contributed by atoms with Crippen molar-refractivity contribution < 1.29 is 4.52 Å². The molecule has 1 saturated heterocycles. The number of hydrogen-bond acceptors (Lipinski definition) is 5. The monoisotopic (exact) mass is 220 g/mol. The van der Waals surface area contributed by atoms with Gasteiger partial charge < -0.3 is 9.42 Å². The summed E-state index contributed by atoms with van der Waals surface area (Å²) in [6.07, 6.45) is 3.71. The molecule has 0 saturated carbocycles. The van der Waals surface area contributed by atoms with E-state index in [1.807, 2.05) is 6.92 Å². The Balaban J connectivity index is 1.98. The van der Waals surface area contributed by atoms with Crippen molar-refractivity contribution in [3.8, 4) is 6.07 Å². The van der Waals surface area contributed by atoms with E-state index in [0.717, 1.165) is 19.5 Å². The van der Waals surface area contributed by atoms with Crippen LogP contribution in [-0.2, 0) is 0 Å². The smallest absolute Gasteiger partial charge is 0.266 e. The van der Waals surface area contributed by atoms with E-state index in [-0.39, 0.29) is 5.92 Å². The Kier molecular flexibility index (Phi) is 3.40. The average molecular weight is 220 g/mol. The Bertz CT molecular complexity index is 376. The third kappa shape index (κ3) is 2.32. The molecule has 0 N–H and O–H groups in total. The fraction of sp³-hybridized carbons (Fsp3) is 0.727. The van der Waals surface area contributed by atoms with Crippen LogP contribution in [0.25, 0.3) is 0 Å². The molecule has 1 atom stereocenters. The van der Waals surface area contributed by atoms with E-state index in [9.17, 15) is 0 Å². The van der Waals surface area contributed by atoms with Crippen molar-refractivity contribution in [2.24, 2.45) is 0 Å². The molecule has 1 fully saturated rings. The number of nitrogens with zero attached hydrogens (tertiary/aromatic N) is 4. The second-order valence-electron chi connectivity index (χ2n) is 4.22. The van der Waals surface area contributed by atoms with E-state index >= 15 is 0 Å². The van der Waals surface area contributed by atoms with Crippen LogP contribution in [0.4, 0.5) is 5.95 Å². The second kappa shape index (κ2) is 4.97. The topological polar surface area (TPSA) is 66.0 Å². The zero-order valence-electron chi connectivity index (χ0n) is 9.52. The Morgan fingerprint density at radius 3 is 2.94 bits per heavy atom. The molecule has 0 amide bonds. The third-order valence-electron chi connectivity index (χ3n) is 2.93. The predicted octanol–water partition coefficient (Wildman–Crippen LogP) is 2.08. The van der Waals surface area contributed by atoms with E-state index in [2.05, 4.69) is 21.1 Å². The van der Waals surface area contributed by atoms with Gasteiger partial charge >= 0.3 is 0 Å². The van der Waals surface area contributed by atoms with Gasteiger partial charge in [-0.1, -0.05) is 6.92 Å². The number of nitriles is 1. The Labute approximate surface area is 95.0 Å². The minimum Gasteiger partial charge on any atom is -0.338 e. The lowest BCUT2D eigenvalue weighted by atomic mass is 10.1. The van der Waals surface area contributed by atoms with Gasteiger partial charge in [-0.15, -0.1) is 0 Å². The molecule has 2 heterocycles. The summed E-state index contributed by atoms with van der Waals surface area (Å²) in [5.41, 5.74) is 0. The summed E-state index contributed by atoms with van der Waals surface area (Å²) in [4.78, 5) is 6.53. The van der Waals surface area contributed by atoms with Crippen LogP contribution in [-0.4, -0.2) is 23.2 Å². The Morgan fingerprint density at radius 1 is 1.50 bits per heavy atom. The SMILES string of the molecule is CC(CCC#N)c1nc(N2CCCC2)no1. The first-order valence-corrected chi connectivity index (χ1v) is 5.77. The Hall–Kier alpha value is -1.57. The molecule has 86 valence electrons. The highest BCUT2D eigenvalue weighted by Crippen LogP contribution is 2.22. The van der Waals surface area contributed by atoms with Gasteiger partial charge in [0.2, 0.25) is 5.89 Å². The van der Waals surface area contributed by atoms with Crippen LogP contribution in [0.15, 0.2) is 4.52 Å². The second-order valence-corrected chi connectivity index (χ2v) is 4.22.